The van der Waals surface area contributed by atoms with Crippen molar-refractivity contribution in [3.8, 4) is 0 Å². The third kappa shape index (κ3) is 4.13. The summed E-state index contributed by atoms with van der Waals surface area (Å²) in [6.45, 7) is 5.87. The van der Waals surface area contributed by atoms with E-state index in [-0.39, 0.29) is 11.4 Å². The van der Waals surface area contributed by atoms with E-state index in [1.807, 2.05) is 14.1 Å². The van der Waals surface area contributed by atoms with Crippen LogP contribution in [0, 0.1) is 5.41 Å². The van der Waals surface area contributed by atoms with Gasteiger partial charge in [-0.05, 0) is 62.6 Å². The number of rotatable bonds is 7. The van der Waals surface area contributed by atoms with Gasteiger partial charge in [-0.15, -0.1) is 0 Å². The topological polar surface area (TPSA) is 35.6 Å². The van der Waals surface area contributed by atoms with Crippen molar-refractivity contribution in [1.29, 1.82) is 0 Å². The molecule has 1 amide bonds. The maximum Gasteiger partial charge on any atom is 0.223 e. The molecule has 2 atom stereocenters. The fraction of sp³-hybridized carbons (Fsp3) is 0.708. The first-order valence-corrected chi connectivity index (χ1v) is 11.1. The average Bonchev–Trinajstić information content (AvgIpc) is 3.44. The molecule has 3 fully saturated rings. The van der Waals surface area contributed by atoms with E-state index in [0.717, 1.165) is 19.6 Å². The van der Waals surface area contributed by atoms with Crippen molar-refractivity contribution in [2.45, 2.75) is 69.4 Å². The molecular weight excluding hydrogens is 346 g/mol. The van der Waals surface area contributed by atoms with E-state index in [1.54, 1.807) is 4.90 Å². The molecule has 1 aromatic carbocycles. The Morgan fingerprint density at radius 2 is 1.82 bits per heavy atom. The van der Waals surface area contributed by atoms with E-state index in [4.69, 9.17) is 0 Å². The van der Waals surface area contributed by atoms with Gasteiger partial charge in [0.2, 0.25) is 5.91 Å². The van der Waals surface area contributed by atoms with Gasteiger partial charge in [-0.25, -0.2) is 0 Å². The van der Waals surface area contributed by atoms with Crippen LogP contribution in [0.1, 0.15) is 63.4 Å². The monoisotopic (exact) mass is 383 g/mol. The van der Waals surface area contributed by atoms with Gasteiger partial charge in [0.05, 0.1) is 0 Å². The molecule has 0 radical (unpaired) electrons. The molecule has 1 heterocycles. The number of hydrogen-bond donors (Lipinski definition) is 1. The minimum Gasteiger partial charge on any atom is -0.349 e. The first-order chi connectivity index (χ1) is 13.4. The van der Waals surface area contributed by atoms with Gasteiger partial charge in [-0.1, -0.05) is 37.3 Å². The molecule has 0 aromatic heterocycles. The zero-order chi connectivity index (χ0) is 19.8. The largest absolute Gasteiger partial charge is 0.349 e. The Hall–Kier alpha value is -1.39. The Labute approximate surface area is 170 Å². The Kier molecular flexibility index (Phi) is 5.54. The number of nitrogens with zero attached hydrogens (tertiary/aromatic N) is 2. The molecule has 1 aliphatic heterocycles. The van der Waals surface area contributed by atoms with Crippen LogP contribution in [0.25, 0.3) is 0 Å². The summed E-state index contributed by atoms with van der Waals surface area (Å²) < 4.78 is 0. The van der Waals surface area contributed by atoms with Crippen LogP contribution in [0.3, 0.4) is 0 Å². The molecule has 1 unspecified atom stereocenters. The SMILES string of the molecule is CN(C)C(=O)CC1(N2CCC(C)(CN[C@@H]3CC3c3ccccc3)CC2)CCC1. The van der Waals surface area contributed by atoms with E-state index in [1.165, 1.54) is 44.1 Å². The minimum atomic E-state index is 0.158. The maximum atomic E-state index is 12.3. The first-order valence-electron chi connectivity index (χ1n) is 11.1. The quantitative estimate of drug-likeness (QED) is 0.781. The van der Waals surface area contributed by atoms with E-state index in [0.29, 0.717) is 23.8 Å². The highest BCUT2D eigenvalue weighted by Gasteiger charge is 2.47. The summed E-state index contributed by atoms with van der Waals surface area (Å²) in [7, 11) is 3.77. The number of piperidine rings is 1. The van der Waals surface area contributed by atoms with Gasteiger partial charge in [0.15, 0.2) is 0 Å². The second kappa shape index (κ2) is 7.79. The maximum absolute atomic E-state index is 12.3. The third-order valence-electron chi connectivity index (χ3n) is 7.71. The van der Waals surface area contributed by atoms with Crippen LogP contribution in [0.4, 0.5) is 0 Å². The van der Waals surface area contributed by atoms with Crippen LogP contribution in [0.5, 0.6) is 0 Å². The van der Waals surface area contributed by atoms with Crippen LogP contribution in [0.2, 0.25) is 0 Å². The van der Waals surface area contributed by atoms with Gasteiger partial charge < -0.3 is 10.2 Å². The summed E-state index contributed by atoms with van der Waals surface area (Å²) in [5.41, 5.74) is 2.03. The molecule has 4 rings (SSSR count). The molecule has 0 bridgehead atoms. The highest BCUT2D eigenvalue weighted by Crippen LogP contribution is 2.45. The second-order valence-electron chi connectivity index (χ2n) is 10.1. The number of amides is 1. The van der Waals surface area contributed by atoms with Gasteiger partial charge in [-0.3, -0.25) is 9.69 Å². The number of carbonyl (C=O) groups is 1. The standard InChI is InChI=1S/C24H37N3O/c1-23(18-25-21-16-20(21)19-8-5-4-6-9-19)12-14-27(15-13-23)24(10-7-11-24)17-22(28)26(2)3/h4-6,8-9,20-21,25H,7,10-18H2,1-3H3/t20?,21-/m1/s1. The van der Waals surface area contributed by atoms with Crippen LogP contribution in [-0.4, -0.2) is 61.0 Å². The second-order valence-corrected chi connectivity index (χ2v) is 10.1. The number of nitrogens with one attached hydrogen (secondary N) is 1. The average molecular weight is 384 g/mol. The molecule has 4 heteroatoms. The van der Waals surface area contributed by atoms with E-state index in [9.17, 15) is 4.79 Å². The number of likely N-dealkylation sites (tertiary alicyclic amines) is 1. The van der Waals surface area contributed by atoms with Crippen molar-refractivity contribution < 1.29 is 4.79 Å². The number of hydrogen-bond acceptors (Lipinski definition) is 3. The lowest BCUT2D eigenvalue weighted by Gasteiger charge is -2.54. The Morgan fingerprint density at radius 3 is 2.39 bits per heavy atom. The third-order valence-corrected chi connectivity index (χ3v) is 7.71. The Morgan fingerprint density at radius 1 is 1.14 bits per heavy atom. The highest BCUT2D eigenvalue weighted by molar-refractivity contribution is 5.77. The lowest BCUT2D eigenvalue weighted by atomic mass is 9.70. The Balaban J connectivity index is 1.26. The molecule has 0 spiro atoms. The minimum absolute atomic E-state index is 0.158. The van der Waals surface area contributed by atoms with Crippen LogP contribution in [0.15, 0.2) is 30.3 Å². The summed E-state index contributed by atoms with van der Waals surface area (Å²) in [4.78, 5) is 16.8. The smallest absolute Gasteiger partial charge is 0.223 e. The normalized spacial score (nSPS) is 28.4. The van der Waals surface area contributed by atoms with Crippen molar-refractivity contribution in [1.82, 2.24) is 15.1 Å². The van der Waals surface area contributed by atoms with E-state index >= 15 is 0 Å². The first kappa shape index (κ1) is 19.9. The molecule has 2 saturated carbocycles. The highest BCUT2D eigenvalue weighted by atomic mass is 16.2. The van der Waals surface area contributed by atoms with Gasteiger partial charge in [-0.2, -0.15) is 0 Å². The van der Waals surface area contributed by atoms with Crippen LogP contribution in [-0.2, 0) is 4.79 Å². The van der Waals surface area contributed by atoms with Crippen LogP contribution >= 0.6 is 0 Å². The lowest BCUT2D eigenvalue weighted by molar-refractivity contribution is -0.135. The summed E-state index contributed by atoms with van der Waals surface area (Å²) in [6.07, 6.45) is 8.13. The Bertz CT molecular complexity index is 674. The summed E-state index contributed by atoms with van der Waals surface area (Å²) in [5, 5.41) is 3.86. The van der Waals surface area contributed by atoms with Crippen molar-refractivity contribution in [3.63, 3.8) is 0 Å². The molecule has 1 saturated heterocycles. The van der Waals surface area contributed by atoms with Gasteiger partial charge in [0.25, 0.3) is 0 Å². The molecule has 1 aromatic rings. The summed E-state index contributed by atoms with van der Waals surface area (Å²) in [5.74, 6) is 0.996. The zero-order valence-electron chi connectivity index (χ0n) is 17.9. The molecule has 28 heavy (non-hydrogen) atoms. The number of carbonyl (C=O) groups excluding carboxylic acids is 1. The van der Waals surface area contributed by atoms with Crippen molar-refractivity contribution >= 4 is 5.91 Å². The molecule has 3 aliphatic rings. The molecular formula is C24H37N3O. The van der Waals surface area contributed by atoms with E-state index < -0.39 is 0 Å². The molecule has 4 nitrogen and oxygen atoms in total. The summed E-state index contributed by atoms with van der Waals surface area (Å²) >= 11 is 0. The zero-order valence-corrected chi connectivity index (χ0v) is 17.9. The van der Waals surface area contributed by atoms with Crippen molar-refractivity contribution in [2.24, 2.45) is 5.41 Å². The van der Waals surface area contributed by atoms with Crippen molar-refractivity contribution in [3.05, 3.63) is 35.9 Å². The van der Waals surface area contributed by atoms with Gasteiger partial charge >= 0.3 is 0 Å². The fourth-order valence-electron chi connectivity index (χ4n) is 5.19. The fourth-order valence-corrected chi connectivity index (χ4v) is 5.19. The predicted octanol–water partition coefficient (Wildman–Crippen LogP) is 3.64. The molecule has 154 valence electrons. The molecule has 2 aliphatic carbocycles. The number of benzene rings is 1. The lowest BCUT2D eigenvalue weighted by Crippen LogP contribution is -2.59. The molecule has 1 N–H and O–H groups in total. The van der Waals surface area contributed by atoms with Gasteiger partial charge in [0, 0.05) is 44.6 Å². The van der Waals surface area contributed by atoms with Crippen molar-refractivity contribution in [2.75, 3.05) is 33.7 Å². The van der Waals surface area contributed by atoms with E-state index in [2.05, 4.69) is 47.5 Å². The summed E-state index contributed by atoms with van der Waals surface area (Å²) in [6, 6.07) is 11.6. The predicted molar refractivity (Wildman–Crippen MR) is 114 cm³/mol. The van der Waals surface area contributed by atoms with Gasteiger partial charge in [0.1, 0.15) is 0 Å². The van der Waals surface area contributed by atoms with Crippen LogP contribution < -0.4 is 5.32 Å².